The van der Waals surface area contributed by atoms with Crippen LogP contribution in [0.3, 0.4) is 0 Å². The number of hydrogen-bond donors (Lipinski definition) is 2. The van der Waals surface area contributed by atoms with E-state index < -0.39 is 16.7 Å². The molecular formula is C13H11N3O5S. The Kier molecular flexibility index (Phi) is 4.69. The standard InChI is InChI=1S/C13H11N3O5S/c14-11(17)7-21-9-3-1-8(2-4-9)15-13(18)10-5-6-12(22-10)16(19)20/h1-6H,7H2,(H2,14,17)(H,15,18). The second kappa shape index (κ2) is 6.68. The maximum atomic E-state index is 11.9. The van der Waals surface area contributed by atoms with Gasteiger partial charge in [0.25, 0.3) is 11.8 Å². The van der Waals surface area contributed by atoms with E-state index in [2.05, 4.69) is 5.32 Å². The maximum Gasteiger partial charge on any atom is 0.324 e. The van der Waals surface area contributed by atoms with Crippen LogP contribution >= 0.6 is 11.3 Å². The topological polar surface area (TPSA) is 125 Å². The van der Waals surface area contributed by atoms with E-state index in [1.165, 1.54) is 12.1 Å². The van der Waals surface area contributed by atoms with Crippen LogP contribution in [-0.4, -0.2) is 23.3 Å². The zero-order valence-electron chi connectivity index (χ0n) is 11.1. The van der Waals surface area contributed by atoms with Gasteiger partial charge in [-0.3, -0.25) is 19.7 Å². The van der Waals surface area contributed by atoms with Gasteiger partial charge in [0, 0.05) is 11.8 Å². The first kappa shape index (κ1) is 15.4. The maximum absolute atomic E-state index is 11.9. The van der Waals surface area contributed by atoms with E-state index in [9.17, 15) is 19.7 Å². The Labute approximate surface area is 128 Å². The fraction of sp³-hybridized carbons (Fsp3) is 0.0769. The van der Waals surface area contributed by atoms with Crippen molar-refractivity contribution in [3.63, 3.8) is 0 Å². The van der Waals surface area contributed by atoms with Crippen LogP contribution in [0.25, 0.3) is 0 Å². The molecule has 9 heteroatoms. The number of carbonyl (C=O) groups excluding carboxylic acids is 2. The van der Waals surface area contributed by atoms with Crippen LogP contribution in [0.1, 0.15) is 9.67 Å². The molecule has 0 aliphatic carbocycles. The number of nitrogens with two attached hydrogens (primary N) is 1. The van der Waals surface area contributed by atoms with Crippen molar-refractivity contribution in [3.8, 4) is 5.75 Å². The molecule has 0 saturated carbocycles. The molecule has 8 nitrogen and oxygen atoms in total. The molecule has 0 bridgehead atoms. The number of carbonyl (C=O) groups is 2. The Morgan fingerprint density at radius 1 is 1.23 bits per heavy atom. The summed E-state index contributed by atoms with van der Waals surface area (Å²) in [6.07, 6.45) is 0. The lowest BCUT2D eigenvalue weighted by atomic mass is 10.3. The number of nitro groups is 1. The monoisotopic (exact) mass is 321 g/mol. The fourth-order valence-electron chi connectivity index (χ4n) is 1.53. The van der Waals surface area contributed by atoms with Gasteiger partial charge in [-0.15, -0.1) is 0 Å². The predicted molar refractivity (Wildman–Crippen MR) is 80.1 cm³/mol. The van der Waals surface area contributed by atoms with Crippen LogP contribution in [0.2, 0.25) is 0 Å². The summed E-state index contributed by atoms with van der Waals surface area (Å²) in [4.78, 5) is 32.8. The van der Waals surface area contributed by atoms with Gasteiger partial charge in [-0.25, -0.2) is 0 Å². The number of rotatable bonds is 6. The molecule has 1 aromatic heterocycles. The number of nitrogens with one attached hydrogen (secondary N) is 1. The highest BCUT2D eigenvalue weighted by Crippen LogP contribution is 2.25. The molecule has 2 amide bonds. The first-order chi connectivity index (χ1) is 10.5. The number of benzene rings is 1. The van der Waals surface area contributed by atoms with Crippen molar-refractivity contribution in [2.75, 3.05) is 11.9 Å². The summed E-state index contributed by atoms with van der Waals surface area (Å²) in [5.41, 5.74) is 5.45. The van der Waals surface area contributed by atoms with Crippen LogP contribution < -0.4 is 15.8 Å². The molecule has 0 unspecified atom stereocenters. The highest BCUT2D eigenvalue weighted by atomic mass is 32.1. The lowest BCUT2D eigenvalue weighted by molar-refractivity contribution is -0.380. The molecule has 0 saturated heterocycles. The molecule has 0 aliphatic heterocycles. The highest BCUT2D eigenvalue weighted by molar-refractivity contribution is 7.17. The Morgan fingerprint density at radius 2 is 1.91 bits per heavy atom. The molecule has 0 spiro atoms. The molecule has 2 aromatic rings. The van der Waals surface area contributed by atoms with Crippen molar-refractivity contribution < 1.29 is 19.2 Å². The summed E-state index contributed by atoms with van der Waals surface area (Å²) in [6.45, 7) is -0.232. The summed E-state index contributed by atoms with van der Waals surface area (Å²) >= 11 is 0.796. The Hall–Kier alpha value is -2.94. The average molecular weight is 321 g/mol. The Balaban J connectivity index is 1.99. The highest BCUT2D eigenvalue weighted by Gasteiger charge is 2.15. The minimum Gasteiger partial charge on any atom is -0.484 e. The van der Waals surface area contributed by atoms with Crippen molar-refractivity contribution in [3.05, 3.63) is 51.4 Å². The zero-order valence-corrected chi connectivity index (χ0v) is 12.0. The first-order valence-corrected chi connectivity index (χ1v) is 6.84. The van der Waals surface area contributed by atoms with E-state index in [0.717, 1.165) is 11.3 Å². The summed E-state index contributed by atoms with van der Waals surface area (Å²) in [7, 11) is 0. The van der Waals surface area contributed by atoms with Crippen molar-refractivity contribution in [2.45, 2.75) is 0 Å². The van der Waals surface area contributed by atoms with Gasteiger partial charge < -0.3 is 15.8 Å². The zero-order chi connectivity index (χ0) is 16.1. The van der Waals surface area contributed by atoms with Crippen LogP contribution in [0.4, 0.5) is 10.7 Å². The lowest BCUT2D eigenvalue weighted by Gasteiger charge is -2.06. The number of primary amides is 1. The molecule has 0 radical (unpaired) electrons. The molecule has 1 aromatic carbocycles. The normalized spacial score (nSPS) is 10.0. The number of thiophene rings is 1. The van der Waals surface area contributed by atoms with E-state index in [4.69, 9.17) is 10.5 Å². The van der Waals surface area contributed by atoms with Gasteiger partial charge in [-0.1, -0.05) is 11.3 Å². The summed E-state index contributed by atoms with van der Waals surface area (Å²) < 4.78 is 5.08. The van der Waals surface area contributed by atoms with Crippen molar-refractivity contribution in [1.29, 1.82) is 0 Å². The third-order valence-corrected chi connectivity index (χ3v) is 3.52. The molecule has 0 fully saturated rings. The number of hydrogen-bond acceptors (Lipinski definition) is 6. The van der Waals surface area contributed by atoms with Gasteiger partial charge in [0.05, 0.1) is 9.80 Å². The van der Waals surface area contributed by atoms with Crippen molar-refractivity contribution in [2.24, 2.45) is 5.73 Å². The first-order valence-electron chi connectivity index (χ1n) is 6.02. The second-order valence-electron chi connectivity index (χ2n) is 4.13. The smallest absolute Gasteiger partial charge is 0.324 e. The number of amides is 2. The summed E-state index contributed by atoms with van der Waals surface area (Å²) in [6, 6.07) is 8.96. The van der Waals surface area contributed by atoms with E-state index in [0.29, 0.717) is 11.4 Å². The van der Waals surface area contributed by atoms with Gasteiger partial charge in [-0.2, -0.15) is 0 Å². The summed E-state index contributed by atoms with van der Waals surface area (Å²) in [5.74, 6) is -0.593. The fourth-order valence-corrected chi connectivity index (χ4v) is 2.25. The van der Waals surface area contributed by atoms with Gasteiger partial charge >= 0.3 is 5.00 Å². The van der Waals surface area contributed by atoms with Crippen LogP contribution in [0.5, 0.6) is 5.75 Å². The van der Waals surface area contributed by atoms with Crippen LogP contribution in [-0.2, 0) is 4.79 Å². The SMILES string of the molecule is NC(=O)COc1ccc(NC(=O)c2ccc([N+](=O)[O-])s2)cc1. The molecule has 0 aliphatic rings. The van der Waals surface area contributed by atoms with Crippen LogP contribution in [0.15, 0.2) is 36.4 Å². The van der Waals surface area contributed by atoms with Gasteiger partial charge in [0.15, 0.2) is 6.61 Å². The second-order valence-corrected chi connectivity index (χ2v) is 5.19. The van der Waals surface area contributed by atoms with E-state index in [1.807, 2.05) is 0 Å². The number of anilines is 1. The van der Waals surface area contributed by atoms with Crippen molar-refractivity contribution >= 4 is 33.8 Å². The molecule has 0 atom stereocenters. The number of nitrogens with zero attached hydrogens (tertiary/aromatic N) is 1. The minimum atomic E-state index is -0.586. The van der Waals surface area contributed by atoms with Gasteiger partial charge in [-0.05, 0) is 30.3 Å². The third kappa shape index (κ3) is 4.03. The van der Waals surface area contributed by atoms with E-state index >= 15 is 0 Å². The molecular weight excluding hydrogens is 310 g/mol. The quantitative estimate of drug-likeness (QED) is 0.619. The molecule has 3 N–H and O–H groups in total. The van der Waals surface area contributed by atoms with E-state index in [1.54, 1.807) is 24.3 Å². The molecule has 22 heavy (non-hydrogen) atoms. The van der Waals surface area contributed by atoms with Gasteiger partial charge in [0.2, 0.25) is 0 Å². The number of ether oxygens (including phenoxy) is 1. The largest absolute Gasteiger partial charge is 0.484 e. The Morgan fingerprint density at radius 3 is 2.45 bits per heavy atom. The lowest BCUT2D eigenvalue weighted by Crippen LogP contribution is -2.20. The van der Waals surface area contributed by atoms with Crippen LogP contribution in [0, 0.1) is 10.1 Å². The average Bonchev–Trinajstić information content (AvgIpc) is 2.96. The molecule has 114 valence electrons. The third-order valence-electron chi connectivity index (χ3n) is 2.49. The molecule has 1 heterocycles. The van der Waals surface area contributed by atoms with Crippen molar-refractivity contribution in [1.82, 2.24) is 0 Å². The molecule has 2 rings (SSSR count). The van der Waals surface area contributed by atoms with Gasteiger partial charge in [0.1, 0.15) is 5.75 Å². The summed E-state index contributed by atoms with van der Waals surface area (Å²) in [5, 5.41) is 13.1. The van der Waals surface area contributed by atoms with E-state index in [-0.39, 0.29) is 16.5 Å². The minimum absolute atomic E-state index is 0.0969. The Bertz CT molecular complexity index is 711. The predicted octanol–water partition coefficient (Wildman–Crippen LogP) is 1.77.